The Morgan fingerprint density at radius 1 is 1.37 bits per heavy atom. The van der Waals surface area contributed by atoms with Crippen molar-refractivity contribution in [3.05, 3.63) is 29.8 Å². The number of carbonyl (C=O) groups excluding carboxylic acids is 1. The number of hydrogen-bond donors (Lipinski definition) is 0. The van der Waals surface area contributed by atoms with E-state index in [0.29, 0.717) is 0 Å². The lowest BCUT2D eigenvalue weighted by Gasteiger charge is -2.28. The minimum atomic E-state index is -0.104. The molecule has 1 fully saturated rings. The molecular formula is C16H23NO2. The molecule has 0 heterocycles. The molecule has 0 spiro atoms. The minimum absolute atomic E-state index is 0.104. The molecule has 0 aliphatic heterocycles. The van der Waals surface area contributed by atoms with Gasteiger partial charge < -0.3 is 14.4 Å². The van der Waals surface area contributed by atoms with Crippen molar-refractivity contribution in [3.63, 3.8) is 0 Å². The second-order valence-corrected chi connectivity index (χ2v) is 5.71. The largest absolute Gasteiger partial charge is 0.497 e. The van der Waals surface area contributed by atoms with Crippen molar-refractivity contribution < 1.29 is 9.53 Å². The average molecular weight is 261 g/mol. The van der Waals surface area contributed by atoms with Gasteiger partial charge in [-0.2, -0.15) is 0 Å². The van der Waals surface area contributed by atoms with Gasteiger partial charge in [0.25, 0.3) is 0 Å². The van der Waals surface area contributed by atoms with E-state index in [1.807, 2.05) is 12.1 Å². The van der Waals surface area contributed by atoms with Crippen LogP contribution >= 0.6 is 0 Å². The summed E-state index contributed by atoms with van der Waals surface area (Å²) in [5.41, 5.74) is 1.12. The predicted octanol–water partition coefficient (Wildman–Crippen LogP) is 2.89. The fourth-order valence-corrected chi connectivity index (χ4v) is 3.07. The molecule has 0 atom stereocenters. The fourth-order valence-electron chi connectivity index (χ4n) is 3.07. The molecule has 3 nitrogen and oxygen atoms in total. The first-order valence-corrected chi connectivity index (χ1v) is 6.95. The van der Waals surface area contributed by atoms with Gasteiger partial charge in [-0.05, 0) is 37.6 Å². The van der Waals surface area contributed by atoms with Crippen LogP contribution in [0.1, 0.15) is 31.2 Å². The molecule has 1 aromatic rings. The van der Waals surface area contributed by atoms with Gasteiger partial charge in [0.2, 0.25) is 0 Å². The monoisotopic (exact) mass is 261 g/mol. The third-order valence-electron chi connectivity index (χ3n) is 4.02. The van der Waals surface area contributed by atoms with E-state index in [4.69, 9.17) is 4.74 Å². The highest BCUT2D eigenvalue weighted by molar-refractivity contribution is 5.60. The molecule has 1 saturated carbocycles. The molecule has 19 heavy (non-hydrogen) atoms. The van der Waals surface area contributed by atoms with E-state index in [9.17, 15) is 4.79 Å². The highest BCUT2D eigenvalue weighted by Crippen LogP contribution is 2.36. The third-order valence-corrected chi connectivity index (χ3v) is 4.02. The van der Waals surface area contributed by atoms with Crippen molar-refractivity contribution in [1.29, 1.82) is 0 Å². The maximum absolute atomic E-state index is 11.4. The Morgan fingerprint density at radius 3 is 2.74 bits per heavy atom. The minimum Gasteiger partial charge on any atom is -0.497 e. The van der Waals surface area contributed by atoms with Crippen LogP contribution < -0.4 is 4.74 Å². The van der Waals surface area contributed by atoms with Gasteiger partial charge in [0.15, 0.2) is 0 Å². The maximum Gasteiger partial charge on any atom is 0.127 e. The molecule has 1 aromatic carbocycles. The van der Waals surface area contributed by atoms with Crippen LogP contribution in [0.2, 0.25) is 0 Å². The molecule has 0 amide bonds. The van der Waals surface area contributed by atoms with Crippen LogP contribution in [0.3, 0.4) is 0 Å². The van der Waals surface area contributed by atoms with E-state index in [1.54, 1.807) is 7.11 Å². The summed E-state index contributed by atoms with van der Waals surface area (Å²) in [6.07, 6.45) is 5.64. The molecule has 0 aromatic heterocycles. The van der Waals surface area contributed by atoms with Gasteiger partial charge in [-0.3, -0.25) is 0 Å². The van der Waals surface area contributed by atoms with Gasteiger partial charge in [0.05, 0.1) is 7.11 Å². The van der Waals surface area contributed by atoms with Crippen molar-refractivity contribution in [1.82, 2.24) is 4.90 Å². The normalized spacial score (nSPS) is 17.6. The molecule has 2 rings (SSSR count). The SMILES string of the molecule is COc1cccc(CN(C)CC2(C=O)CCCC2)c1. The zero-order valence-electron chi connectivity index (χ0n) is 11.9. The second-order valence-electron chi connectivity index (χ2n) is 5.71. The number of carbonyl (C=O) groups is 1. The maximum atomic E-state index is 11.4. The Hall–Kier alpha value is -1.35. The van der Waals surface area contributed by atoms with Crippen molar-refractivity contribution in [2.45, 2.75) is 32.2 Å². The summed E-state index contributed by atoms with van der Waals surface area (Å²) < 4.78 is 5.24. The van der Waals surface area contributed by atoms with E-state index < -0.39 is 0 Å². The Balaban J connectivity index is 1.96. The van der Waals surface area contributed by atoms with E-state index in [2.05, 4.69) is 24.1 Å². The zero-order valence-corrected chi connectivity index (χ0v) is 11.9. The summed E-state index contributed by atoms with van der Waals surface area (Å²) in [7, 11) is 3.77. The van der Waals surface area contributed by atoms with Crippen molar-refractivity contribution >= 4 is 6.29 Å². The molecular weight excluding hydrogens is 238 g/mol. The lowest BCUT2D eigenvalue weighted by molar-refractivity contribution is -0.116. The van der Waals surface area contributed by atoms with Gasteiger partial charge in [0.1, 0.15) is 12.0 Å². The van der Waals surface area contributed by atoms with Crippen LogP contribution in [-0.2, 0) is 11.3 Å². The highest BCUT2D eigenvalue weighted by atomic mass is 16.5. The summed E-state index contributed by atoms with van der Waals surface area (Å²) in [6.45, 7) is 1.71. The number of hydrogen-bond acceptors (Lipinski definition) is 3. The van der Waals surface area contributed by atoms with Gasteiger partial charge in [-0.25, -0.2) is 0 Å². The van der Waals surface area contributed by atoms with Gasteiger partial charge >= 0.3 is 0 Å². The molecule has 104 valence electrons. The Morgan fingerprint density at radius 2 is 2.11 bits per heavy atom. The van der Waals surface area contributed by atoms with Crippen molar-refractivity contribution in [2.75, 3.05) is 20.7 Å². The second kappa shape index (κ2) is 6.20. The van der Waals surface area contributed by atoms with E-state index in [0.717, 1.165) is 31.7 Å². The van der Waals surface area contributed by atoms with Gasteiger partial charge in [0, 0.05) is 18.5 Å². The highest BCUT2D eigenvalue weighted by Gasteiger charge is 2.34. The first-order chi connectivity index (χ1) is 9.17. The molecule has 0 N–H and O–H groups in total. The van der Waals surface area contributed by atoms with Crippen molar-refractivity contribution in [3.8, 4) is 5.75 Å². The lowest BCUT2D eigenvalue weighted by atomic mass is 9.87. The van der Waals surface area contributed by atoms with Crippen LogP contribution in [0.4, 0.5) is 0 Å². The number of ether oxygens (including phenoxy) is 1. The number of rotatable bonds is 6. The average Bonchev–Trinajstić information content (AvgIpc) is 2.88. The van der Waals surface area contributed by atoms with E-state index in [1.165, 1.54) is 24.7 Å². The standard InChI is InChI=1S/C16H23NO2/c1-17(12-16(13-18)8-3-4-9-16)11-14-6-5-7-15(10-14)19-2/h5-7,10,13H,3-4,8-9,11-12H2,1-2H3. The number of methoxy groups -OCH3 is 1. The van der Waals surface area contributed by atoms with Gasteiger partial charge in [-0.15, -0.1) is 0 Å². The summed E-state index contributed by atoms with van der Waals surface area (Å²) in [6, 6.07) is 8.11. The third kappa shape index (κ3) is 3.57. The first kappa shape index (κ1) is 14.1. The Kier molecular flexibility index (Phi) is 4.59. The fraction of sp³-hybridized carbons (Fsp3) is 0.562. The number of aldehydes is 1. The van der Waals surface area contributed by atoms with Crippen LogP contribution in [-0.4, -0.2) is 31.9 Å². The molecule has 0 bridgehead atoms. The van der Waals surface area contributed by atoms with E-state index >= 15 is 0 Å². The molecule has 3 heteroatoms. The van der Waals surface area contributed by atoms with Crippen LogP contribution in [0.15, 0.2) is 24.3 Å². The molecule has 1 aliphatic rings. The first-order valence-electron chi connectivity index (χ1n) is 6.95. The predicted molar refractivity (Wildman–Crippen MR) is 76.3 cm³/mol. The molecule has 0 radical (unpaired) electrons. The molecule has 0 saturated heterocycles. The smallest absolute Gasteiger partial charge is 0.127 e. The summed E-state index contributed by atoms with van der Waals surface area (Å²) >= 11 is 0. The van der Waals surface area contributed by atoms with Crippen LogP contribution in [0.25, 0.3) is 0 Å². The van der Waals surface area contributed by atoms with Gasteiger partial charge in [-0.1, -0.05) is 25.0 Å². The topological polar surface area (TPSA) is 29.5 Å². The van der Waals surface area contributed by atoms with Crippen molar-refractivity contribution in [2.24, 2.45) is 5.41 Å². The zero-order chi connectivity index (χ0) is 13.7. The van der Waals surface area contributed by atoms with Crippen LogP contribution in [0, 0.1) is 5.41 Å². The van der Waals surface area contributed by atoms with Crippen LogP contribution in [0.5, 0.6) is 5.75 Å². The summed E-state index contributed by atoms with van der Waals surface area (Å²) in [5, 5.41) is 0. The summed E-state index contributed by atoms with van der Waals surface area (Å²) in [5.74, 6) is 0.886. The molecule has 0 unspecified atom stereocenters. The number of nitrogens with zero attached hydrogens (tertiary/aromatic N) is 1. The lowest BCUT2D eigenvalue weighted by Crippen LogP contribution is -2.34. The summed E-state index contributed by atoms with van der Waals surface area (Å²) in [4.78, 5) is 13.6. The Bertz CT molecular complexity index is 425. The van der Waals surface area contributed by atoms with E-state index in [-0.39, 0.29) is 5.41 Å². The Labute approximate surface area is 115 Å². The molecule has 1 aliphatic carbocycles. The quantitative estimate of drug-likeness (QED) is 0.737. The number of benzene rings is 1.